The van der Waals surface area contributed by atoms with E-state index in [1.807, 2.05) is 78.9 Å². The first-order valence-corrected chi connectivity index (χ1v) is 22.1. The maximum Gasteiger partial charge on any atom is 0.238 e. The number of hydrogen-bond acceptors (Lipinski definition) is 5. The van der Waals surface area contributed by atoms with E-state index >= 15 is 0 Å². The predicted octanol–water partition coefficient (Wildman–Crippen LogP) is 14.3. The molecule has 0 saturated carbocycles. The van der Waals surface area contributed by atoms with E-state index in [0.717, 1.165) is 66.4 Å². The van der Waals surface area contributed by atoms with Gasteiger partial charge in [0.25, 0.3) is 0 Å². The number of oxazole rings is 1. The Morgan fingerprint density at radius 1 is 0.333 bits per heavy atom. The molecule has 0 atom stereocenters. The zero-order valence-electron chi connectivity index (χ0n) is 35.2. The van der Waals surface area contributed by atoms with E-state index in [4.69, 9.17) is 24.4 Å². The molecule has 8 heteroatoms. The highest BCUT2D eigenvalue weighted by Crippen LogP contribution is 2.43. The highest BCUT2D eigenvalue weighted by atomic mass is 16.3. The van der Waals surface area contributed by atoms with Gasteiger partial charge in [-0.3, -0.25) is 4.57 Å². The summed E-state index contributed by atoms with van der Waals surface area (Å²) in [5.74, 6) is 2.09. The molecule has 0 saturated heterocycles. The predicted molar refractivity (Wildman–Crippen MR) is 267 cm³/mol. The summed E-state index contributed by atoms with van der Waals surface area (Å²) >= 11 is 0. The Bertz CT molecular complexity index is 4220. The molecule has 308 valence electrons. The Hall–Kier alpha value is -9.14. The summed E-state index contributed by atoms with van der Waals surface area (Å²) in [5, 5.41) is 7.00. The minimum absolute atomic E-state index is 0.492. The number of benzene rings is 9. The second-order valence-corrected chi connectivity index (χ2v) is 16.6. The molecule has 5 heterocycles. The summed E-state index contributed by atoms with van der Waals surface area (Å²) in [6.45, 7) is 0. The summed E-state index contributed by atoms with van der Waals surface area (Å²) in [7, 11) is 0. The van der Waals surface area contributed by atoms with Crippen LogP contribution in [0.2, 0.25) is 0 Å². The van der Waals surface area contributed by atoms with Gasteiger partial charge in [0.15, 0.2) is 17.2 Å². The summed E-state index contributed by atoms with van der Waals surface area (Å²) in [6.07, 6.45) is 0. The third-order valence-electron chi connectivity index (χ3n) is 12.9. The zero-order valence-corrected chi connectivity index (χ0v) is 35.2. The van der Waals surface area contributed by atoms with Gasteiger partial charge in [0, 0.05) is 54.8 Å². The van der Waals surface area contributed by atoms with E-state index in [9.17, 15) is 0 Å². The van der Waals surface area contributed by atoms with Crippen LogP contribution in [0, 0.1) is 0 Å². The quantitative estimate of drug-likeness (QED) is 0.167. The Kier molecular flexibility index (Phi) is 7.81. The number of aromatic nitrogens is 7. The van der Waals surface area contributed by atoms with E-state index in [1.165, 1.54) is 32.6 Å². The van der Waals surface area contributed by atoms with Crippen molar-refractivity contribution in [3.63, 3.8) is 0 Å². The monoisotopic (exact) mass is 845 g/mol. The maximum atomic E-state index is 6.52. The normalized spacial score (nSPS) is 11.9. The highest BCUT2D eigenvalue weighted by molar-refractivity contribution is 6.24. The van der Waals surface area contributed by atoms with Crippen molar-refractivity contribution in [2.24, 2.45) is 0 Å². The number of fused-ring (bicyclic) bond motifs is 11. The molecule has 0 bridgehead atoms. The van der Waals surface area contributed by atoms with Crippen molar-refractivity contribution in [2.45, 2.75) is 0 Å². The smallest absolute Gasteiger partial charge is 0.238 e. The SMILES string of the molecule is c1ccc(-c2nc(-c3cccc4nc(-c5ccccc5)oc34)nc(-n3c4ccccc4c4cc(-n5c6ccccc6c6ccc7c8ccccc8n(-c8ccccc8)c7c65)ccc43)n2)cc1. The molecule has 0 radical (unpaired) electrons. The summed E-state index contributed by atoms with van der Waals surface area (Å²) in [6, 6.07) is 74.0. The molecule has 0 aliphatic heterocycles. The molecule has 0 spiro atoms. The summed E-state index contributed by atoms with van der Waals surface area (Å²) < 4.78 is 13.6. The lowest BCUT2D eigenvalue weighted by atomic mass is 10.1. The van der Waals surface area contributed by atoms with E-state index in [-0.39, 0.29) is 0 Å². The third kappa shape index (κ3) is 5.39. The van der Waals surface area contributed by atoms with Crippen LogP contribution in [0.15, 0.2) is 217 Å². The van der Waals surface area contributed by atoms with E-state index in [2.05, 4.69) is 147 Å². The summed E-state index contributed by atoms with van der Waals surface area (Å²) in [4.78, 5) is 20.5. The van der Waals surface area contributed by atoms with Gasteiger partial charge in [-0.25, -0.2) is 9.97 Å². The molecule has 0 fully saturated rings. The van der Waals surface area contributed by atoms with Crippen LogP contribution in [-0.2, 0) is 0 Å². The van der Waals surface area contributed by atoms with Crippen molar-refractivity contribution < 1.29 is 4.42 Å². The Balaban J connectivity index is 1.03. The van der Waals surface area contributed by atoms with Crippen LogP contribution in [0.4, 0.5) is 0 Å². The van der Waals surface area contributed by atoms with Gasteiger partial charge in [-0.15, -0.1) is 0 Å². The fraction of sp³-hybridized carbons (Fsp3) is 0. The molecule has 0 unspecified atom stereocenters. The van der Waals surface area contributed by atoms with Crippen molar-refractivity contribution >= 4 is 76.5 Å². The number of nitrogens with zero attached hydrogens (tertiary/aromatic N) is 7. The van der Waals surface area contributed by atoms with Crippen molar-refractivity contribution in [3.8, 4) is 51.6 Å². The standard InChI is InChI=1S/C58H35N7O/c1-4-17-36(18-5-1)55-60-56(45-26-16-27-47-54(45)66-57(59-47)37-19-6-2-7-20-37)62-58(61-55)65-50-30-15-12-25-42(50)46-35-39(31-34-51(46)65)64-49-29-14-11-24-41(49)44-33-32-43-40-23-10-13-28-48(40)63(52(43)53(44)64)38-21-8-3-9-22-38/h1-35H. The topological polar surface area (TPSA) is 79.5 Å². The highest BCUT2D eigenvalue weighted by Gasteiger charge is 2.24. The second kappa shape index (κ2) is 14.2. The van der Waals surface area contributed by atoms with Crippen LogP contribution in [0.3, 0.4) is 0 Å². The third-order valence-corrected chi connectivity index (χ3v) is 12.9. The average molecular weight is 846 g/mol. The van der Waals surface area contributed by atoms with Gasteiger partial charge in [0.2, 0.25) is 11.8 Å². The fourth-order valence-electron chi connectivity index (χ4n) is 10.1. The van der Waals surface area contributed by atoms with Gasteiger partial charge in [-0.2, -0.15) is 9.97 Å². The van der Waals surface area contributed by atoms with Crippen LogP contribution in [0.25, 0.3) is 128 Å². The van der Waals surface area contributed by atoms with Crippen LogP contribution in [0.5, 0.6) is 0 Å². The van der Waals surface area contributed by atoms with Gasteiger partial charge in [0.05, 0.1) is 38.7 Å². The van der Waals surface area contributed by atoms with Gasteiger partial charge in [-0.1, -0.05) is 140 Å². The van der Waals surface area contributed by atoms with Crippen molar-refractivity contribution in [2.75, 3.05) is 0 Å². The molecule has 14 aromatic rings. The molecule has 0 amide bonds. The molecule has 0 aliphatic carbocycles. The lowest BCUT2D eigenvalue weighted by molar-refractivity contribution is 0.620. The van der Waals surface area contributed by atoms with Crippen molar-refractivity contribution in [1.82, 2.24) is 33.6 Å². The molecule has 8 nitrogen and oxygen atoms in total. The van der Waals surface area contributed by atoms with Crippen LogP contribution in [-0.4, -0.2) is 33.6 Å². The Morgan fingerprint density at radius 2 is 0.864 bits per heavy atom. The van der Waals surface area contributed by atoms with E-state index in [0.29, 0.717) is 29.1 Å². The first-order chi connectivity index (χ1) is 32.7. The minimum atomic E-state index is 0.492. The number of rotatable bonds is 6. The molecular weight excluding hydrogens is 811 g/mol. The van der Waals surface area contributed by atoms with Crippen molar-refractivity contribution in [1.29, 1.82) is 0 Å². The van der Waals surface area contributed by atoms with Crippen LogP contribution in [0.1, 0.15) is 0 Å². The first kappa shape index (κ1) is 36.4. The molecule has 0 N–H and O–H groups in total. The largest absolute Gasteiger partial charge is 0.435 e. The van der Waals surface area contributed by atoms with Crippen LogP contribution >= 0.6 is 0 Å². The van der Waals surface area contributed by atoms with Crippen molar-refractivity contribution in [3.05, 3.63) is 212 Å². The number of hydrogen-bond donors (Lipinski definition) is 0. The molecule has 0 aliphatic rings. The molecular formula is C58H35N7O. The Morgan fingerprint density at radius 3 is 1.53 bits per heavy atom. The first-order valence-electron chi connectivity index (χ1n) is 22.1. The average Bonchev–Trinajstić information content (AvgIpc) is 4.15. The number of para-hydroxylation sites is 5. The minimum Gasteiger partial charge on any atom is -0.435 e. The fourth-order valence-corrected chi connectivity index (χ4v) is 10.1. The lowest BCUT2D eigenvalue weighted by Gasteiger charge is -2.13. The Labute approximate surface area is 376 Å². The van der Waals surface area contributed by atoms with Crippen LogP contribution < -0.4 is 0 Å². The lowest BCUT2D eigenvalue weighted by Crippen LogP contribution is -2.06. The van der Waals surface area contributed by atoms with Gasteiger partial charge in [-0.05, 0) is 72.8 Å². The molecule has 14 rings (SSSR count). The van der Waals surface area contributed by atoms with Gasteiger partial charge >= 0.3 is 0 Å². The molecule has 9 aromatic carbocycles. The van der Waals surface area contributed by atoms with E-state index < -0.39 is 0 Å². The maximum absolute atomic E-state index is 6.52. The second-order valence-electron chi connectivity index (χ2n) is 16.6. The van der Waals surface area contributed by atoms with Gasteiger partial charge < -0.3 is 13.6 Å². The van der Waals surface area contributed by atoms with Gasteiger partial charge in [0.1, 0.15) is 5.52 Å². The summed E-state index contributed by atoms with van der Waals surface area (Å²) in [5.41, 5.74) is 12.6. The molecule has 5 aromatic heterocycles. The zero-order chi connectivity index (χ0) is 43.3. The molecule has 66 heavy (non-hydrogen) atoms. The van der Waals surface area contributed by atoms with E-state index in [1.54, 1.807) is 0 Å².